The molecule has 4 rings (SSSR count). The summed E-state index contributed by atoms with van der Waals surface area (Å²) < 4.78 is 20.7. The lowest BCUT2D eigenvalue weighted by molar-refractivity contribution is 0.415. The van der Waals surface area contributed by atoms with Crippen LogP contribution in [0.1, 0.15) is 24.6 Å². The van der Waals surface area contributed by atoms with E-state index in [0.29, 0.717) is 17.2 Å². The molecule has 0 bridgehead atoms. The van der Waals surface area contributed by atoms with Gasteiger partial charge in [0.2, 0.25) is 0 Å². The summed E-state index contributed by atoms with van der Waals surface area (Å²) in [6.45, 7) is 1.98. The van der Waals surface area contributed by atoms with Gasteiger partial charge in [-0.25, -0.2) is 13.9 Å². The van der Waals surface area contributed by atoms with Gasteiger partial charge in [0.25, 0.3) is 0 Å². The van der Waals surface area contributed by atoms with Gasteiger partial charge in [-0.1, -0.05) is 0 Å². The lowest BCUT2D eigenvalue weighted by Crippen LogP contribution is -2.28. The van der Waals surface area contributed by atoms with Crippen LogP contribution in [0.2, 0.25) is 0 Å². The predicted molar refractivity (Wildman–Crippen MR) is 89.8 cm³/mol. The monoisotopic (exact) mass is 326 g/mol. The molecule has 5 nitrogen and oxygen atoms in total. The van der Waals surface area contributed by atoms with Gasteiger partial charge in [-0.2, -0.15) is 5.10 Å². The molecule has 3 heterocycles. The van der Waals surface area contributed by atoms with Crippen molar-refractivity contribution in [1.29, 1.82) is 0 Å². The summed E-state index contributed by atoms with van der Waals surface area (Å²) in [5.41, 5.74) is 2.35. The van der Waals surface area contributed by atoms with Crippen molar-refractivity contribution in [3.8, 4) is 16.9 Å². The molecule has 1 aliphatic rings. The zero-order valence-corrected chi connectivity index (χ0v) is 13.5. The second-order valence-corrected chi connectivity index (χ2v) is 6.08. The van der Waals surface area contributed by atoms with E-state index in [1.54, 1.807) is 17.7 Å². The molecule has 124 valence electrons. The number of halogens is 1. The number of hydrogen-bond donors (Lipinski definition) is 1. The Labute approximate surface area is 139 Å². The van der Waals surface area contributed by atoms with Crippen molar-refractivity contribution in [2.24, 2.45) is 0 Å². The molecule has 0 spiro atoms. The number of benzene rings is 1. The minimum Gasteiger partial charge on any atom is -0.496 e. The summed E-state index contributed by atoms with van der Waals surface area (Å²) in [4.78, 5) is 4.64. The molecule has 2 aromatic heterocycles. The maximum Gasteiger partial charge on any atom is 0.156 e. The Balaban J connectivity index is 1.74. The van der Waals surface area contributed by atoms with Crippen LogP contribution in [0.4, 0.5) is 4.39 Å². The van der Waals surface area contributed by atoms with E-state index in [0.717, 1.165) is 43.0 Å². The Hall–Kier alpha value is -2.47. The van der Waals surface area contributed by atoms with Crippen molar-refractivity contribution in [3.63, 3.8) is 0 Å². The highest BCUT2D eigenvalue weighted by Gasteiger charge is 2.20. The van der Waals surface area contributed by atoms with Gasteiger partial charge in [0.1, 0.15) is 11.6 Å². The maximum absolute atomic E-state index is 13.6. The van der Waals surface area contributed by atoms with Crippen molar-refractivity contribution in [2.75, 3.05) is 20.2 Å². The van der Waals surface area contributed by atoms with Crippen LogP contribution in [0.25, 0.3) is 16.8 Å². The van der Waals surface area contributed by atoms with Crippen molar-refractivity contribution >= 4 is 5.65 Å². The van der Waals surface area contributed by atoms with E-state index in [-0.39, 0.29) is 5.82 Å². The Morgan fingerprint density at radius 1 is 1.29 bits per heavy atom. The molecule has 0 saturated carbocycles. The van der Waals surface area contributed by atoms with Gasteiger partial charge in [-0.15, -0.1) is 0 Å². The zero-order chi connectivity index (χ0) is 16.5. The standard InChI is InChI=1S/C18H19FN4O/c1-24-16-6-5-14(19)9-15(16)13-4-7-17-21-18(22-23(17)11-13)12-3-2-8-20-10-12/h4-7,9,11-12,20H,2-3,8,10H2,1H3/t12-/m0/s1. The Morgan fingerprint density at radius 3 is 3.00 bits per heavy atom. The third-order valence-corrected chi connectivity index (χ3v) is 4.48. The summed E-state index contributed by atoms with van der Waals surface area (Å²) in [6, 6.07) is 8.33. The highest BCUT2D eigenvalue weighted by Crippen LogP contribution is 2.31. The molecule has 3 aromatic rings. The van der Waals surface area contributed by atoms with E-state index in [9.17, 15) is 4.39 Å². The minimum atomic E-state index is -0.293. The molecule has 0 radical (unpaired) electrons. The minimum absolute atomic E-state index is 0.293. The van der Waals surface area contributed by atoms with E-state index in [4.69, 9.17) is 4.74 Å². The fourth-order valence-electron chi connectivity index (χ4n) is 3.21. The van der Waals surface area contributed by atoms with Crippen LogP contribution in [0.3, 0.4) is 0 Å². The van der Waals surface area contributed by atoms with Crippen LogP contribution in [-0.2, 0) is 0 Å². The molecule has 1 saturated heterocycles. The van der Waals surface area contributed by atoms with Crippen LogP contribution in [-0.4, -0.2) is 34.8 Å². The van der Waals surface area contributed by atoms with Crippen molar-refractivity contribution in [2.45, 2.75) is 18.8 Å². The summed E-state index contributed by atoms with van der Waals surface area (Å²) in [7, 11) is 1.58. The number of pyridine rings is 1. The Morgan fingerprint density at radius 2 is 2.21 bits per heavy atom. The number of fused-ring (bicyclic) bond motifs is 1. The van der Waals surface area contributed by atoms with Crippen LogP contribution in [0, 0.1) is 5.82 Å². The number of methoxy groups -OCH3 is 1. The van der Waals surface area contributed by atoms with Gasteiger partial charge in [0, 0.05) is 29.8 Å². The number of piperidine rings is 1. The van der Waals surface area contributed by atoms with Crippen molar-refractivity contribution in [3.05, 3.63) is 48.2 Å². The van der Waals surface area contributed by atoms with Gasteiger partial charge in [-0.05, 0) is 49.7 Å². The highest BCUT2D eigenvalue weighted by molar-refractivity contribution is 5.71. The average Bonchev–Trinajstić information content (AvgIpc) is 3.05. The van der Waals surface area contributed by atoms with E-state index in [1.165, 1.54) is 12.1 Å². The topological polar surface area (TPSA) is 51.5 Å². The Kier molecular flexibility index (Phi) is 3.90. The number of rotatable bonds is 3. The molecule has 0 amide bonds. The fourth-order valence-corrected chi connectivity index (χ4v) is 3.21. The quantitative estimate of drug-likeness (QED) is 0.804. The second-order valence-electron chi connectivity index (χ2n) is 6.08. The van der Waals surface area contributed by atoms with Gasteiger partial charge < -0.3 is 10.1 Å². The predicted octanol–water partition coefficient (Wildman–Crippen LogP) is 3.01. The summed E-state index contributed by atoms with van der Waals surface area (Å²) in [5, 5.41) is 8.02. The maximum atomic E-state index is 13.6. The summed E-state index contributed by atoms with van der Waals surface area (Å²) in [6.07, 6.45) is 4.12. The highest BCUT2D eigenvalue weighted by atomic mass is 19.1. The molecule has 1 aliphatic heterocycles. The van der Waals surface area contributed by atoms with Crippen LogP contribution >= 0.6 is 0 Å². The first-order valence-electron chi connectivity index (χ1n) is 8.15. The molecule has 1 N–H and O–H groups in total. The van der Waals surface area contributed by atoms with Crippen LogP contribution < -0.4 is 10.1 Å². The van der Waals surface area contributed by atoms with E-state index >= 15 is 0 Å². The SMILES string of the molecule is COc1ccc(F)cc1-c1ccc2nc([C@H]3CCCNC3)nn2c1. The molecule has 1 fully saturated rings. The smallest absolute Gasteiger partial charge is 0.156 e. The molecular weight excluding hydrogens is 307 g/mol. The van der Waals surface area contributed by atoms with Crippen molar-refractivity contribution < 1.29 is 9.13 Å². The first-order valence-corrected chi connectivity index (χ1v) is 8.15. The Bertz CT molecular complexity index is 871. The van der Waals surface area contributed by atoms with Crippen LogP contribution in [0.5, 0.6) is 5.75 Å². The lowest BCUT2D eigenvalue weighted by Gasteiger charge is -2.19. The fraction of sp³-hybridized carbons (Fsp3) is 0.333. The second kappa shape index (κ2) is 6.20. The first-order chi connectivity index (χ1) is 11.7. The van der Waals surface area contributed by atoms with Gasteiger partial charge in [0.05, 0.1) is 7.11 Å². The third-order valence-electron chi connectivity index (χ3n) is 4.48. The lowest BCUT2D eigenvalue weighted by atomic mass is 9.99. The number of ether oxygens (including phenoxy) is 1. The number of nitrogens with one attached hydrogen (secondary N) is 1. The van der Waals surface area contributed by atoms with Crippen molar-refractivity contribution in [1.82, 2.24) is 19.9 Å². The molecule has 6 heteroatoms. The molecule has 1 aromatic carbocycles. The zero-order valence-electron chi connectivity index (χ0n) is 13.5. The van der Waals surface area contributed by atoms with E-state index in [2.05, 4.69) is 15.4 Å². The summed E-state index contributed by atoms with van der Waals surface area (Å²) >= 11 is 0. The molecule has 0 unspecified atom stereocenters. The molecule has 24 heavy (non-hydrogen) atoms. The molecular formula is C18H19FN4O. The van der Waals surface area contributed by atoms with Gasteiger partial charge in [-0.3, -0.25) is 0 Å². The van der Waals surface area contributed by atoms with Gasteiger partial charge >= 0.3 is 0 Å². The number of aromatic nitrogens is 3. The third kappa shape index (κ3) is 2.73. The van der Waals surface area contributed by atoms with E-state index < -0.39 is 0 Å². The van der Waals surface area contributed by atoms with E-state index in [1.807, 2.05) is 18.3 Å². The normalized spacial score (nSPS) is 18.0. The summed E-state index contributed by atoms with van der Waals surface area (Å²) in [5.74, 6) is 1.56. The van der Waals surface area contributed by atoms with Crippen LogP contribution in [0.15, 0.2) is 36.5 Å². The average molecular weight is 326 g/mol. The number of nitrogens with zero attached hydrogens (tertiary/aromatic N) is 3. The molecule has 0 aliphatic carbocycles. The first kappa shape index (κ1) is 15.1. The largest absolute Gasteiger partial charge is 0.496 e. The number of hydrogen-bond acceptors (Lipinski definition) is 4. The molecule has 1 atom stereocenters. The van der Waals surface area contributed by atoms with Gasteiger partial charge in [0.15, 0.2) is 11.5 Å².